The van der Waals surface area contributed by atoms with Gasteiger partial charge in [-0.3, -0.25) is 9.97 Å². The predicted molar refractivity (Wildman–Crippen MR) is 86.2 cm³/mol. The molecule has 2 heterocycles. The van der Waals surface area contributed by atoms with Gasteiger partial charge in [0.25, 0.3) is 0 Å². The summed E-state index contributed by atoms with van der Waals surface area (Å²) in [7, 11) is 0. The summed E-state index contributed by atoms with van der Waals surface area (Å²) in [6, 6.07) is 12.8. The fourth-order valence-electron chi connectivity index (χ4n) is 2.65. The first-order valence-electron chi connectivity index (χ1n) is 7.28. The normalized spacial score (nSPS) is 12.5. The van der Waals surface area contributed by atoms with Crippen LogP contribution in [0.4, 0.5) is 0 Å². The predicted octanol–water partition coefficient (Wildman–Crippen LogP) is 3.64. The van der Waals surface area contributed by atoms with E-state index in [4.69, 9.17) is 0 Å². The molecule has 3 heteroatoms. The molecule has 106 valence electrons. The quantitative estimate of drug-likeness (QED) is 0.791. The molecule has 0 amide bonds. The third kappa shape index (κ3) is 2.78. The van der Waals surface area contributed by atoms with E-state index in [0.29, 0.717) is 0 Å². The van der Waals surface area contributed by atoms with Crippen molar-refractivity contribution in [2.45, 2.75) is 19.9 Å². The second-order valence-electron chi connectivity index (χ2n) is 5.17. The van der Waals surface area contributed by atoms with Gasteiger partial charge in [0, 0.05) is 29.7 Å². The summed E-state index contributed by atoms with van der Waals surface area (Å²) in [5.41, 5.74) is 3.46. The zero-order chi connectivity index (χ0) is 14.7. The third-order valence-corrected chi connectivity index (χ3v) is 3.70. The van der Waals surface area contributed by atoms with Gasteiger partial charge in [-0.25, -0.2) is 0 Å². The van der Waals surface area contributed by atoms with Crippen LogP contribution in [0.15, 0.2) is 55.0 Å². The van der Waals surface area contributed by atoms with Gasteiger partial charge in [-0.1, -0.05) is 31.2 Å². The first kappa shape index (κ1) is 13.7. The van der Waals surface area contributed by atoms with Crippen molar-refractivity contribution in [1.82, 2.24) is 15.3 Å². The molecule has 0 radical (unpaired) electrons. The largest absolute Gasteiger partial charge is 0.306 e. The molecule has 1 atom stereocenters. The Morgan fingerprint density at radius 3 is 2.76 bits per heavy atom. The number of aromatic nitrogens is 2. The minimum Gasteiger partial charge on any atom is -0.306 e. The Morgan fingerprint density at radius 1 is 1.10 bits per heavy atom. The van der Waals surface area contributed by atoms with Gasteiger partial charge in [0.2, 0.25) is 0 Å². The number of hydrogen-bond acceptors (Lipinski definition) is 3. The molecule has 0 saturated carbocycles. The second kappa shape index (κ2) is 6.02. The molecule has 0 bridgehead atoms. The molecule has 1 aromatic carbocycles. The fraction of sp³-hybridized carbons (Fsp3) is 0.222. The van der Waals surface area contributed by atoms with Crippen molar-refractivity contribution in [2.75, 3.05) is 6.54 Å². The SMILES string of the molecule is CCNC(c1ccc(C)nc1)c1cccc2ccncc12. The zero-order valence-corrected chi connectivity index (χ0v) is 12.4. The second-order valence-corrected chi connectivity index (χ2v) is 5.17. The molecule has 0 aliphatic heterocycles. The van der Waals surface area contributed by atoms with Crippen LogP contribution in [-0.2, 0) is 0 Å². The molecular formula is C18H19N3. The third-order valence-electron chi connectivity index (χ3n) is 3.70. The molecule has 1 N–H and O–H groups in total. The van der Waals surface area contributed by atoms with Gasteiger partial charge in [-0.15, -0.1) is 0 Å². The zero-order valence-electron chi connectivity index (χ0n) is 12.4. The molecule has 3 rings (SSSR count). The van der Waals surface area contributed by atoms with Crippen molar-refractivity contribution < 1.29 is 0 Å². The molecule has 2 aromatic heterocycles. The van der Waals surface area contributed by atoms with Crippen LogP contribution < -0.4 is 5.32 Å². The van der Waals surface area contributed by atoms with E-state index in [1.165, 1.54) is 21.9 Å². The Labute approximate surface area is 125 Å². The number of pyridine rings is 2. The van der Waals surface area contributed by atoms with Crippen molar-refractivity contribution in [3.05, 3.63) is 71.8 Å². The fourth-order valence-corrected chi connectivity index (χ4v) is 2.65. The maximum Gasteiger partial charge on any atom is 0.0598 e. The smallest absolute Gasteiger partial charge is 0.0598 e. The monoisotopic (exact) mass is 277 g/mol. The lowest BCUT2D eigenvalue weighted by Gasteiger charge is -2.20. The van der Waals surface area contributed by atoms with E-state index < -0.39 is 0 Å². The van der Waals surface area contributed by atoms with Crippen molar-refractivity contribution in [1.29, 1.82) is 0 Å². The van der Waals surface area contributed by atoms with E-state index in [0.717, 1.165) is 12.2 Å². The lowest BCUT2D eigenvalue weighted by atomic mass is 9.95. The lowest BCUT2D eigenvalue weighted by Crippen LogP contribution is -2.22. The highest BCUT2D eigenvalue weighted by atomic mass is 14.9. The van der Waals surface area contributed by atoms with Crippen LogP contribution in [0.2, 0.25) is 0 Å². The average molecular weight is 277 g/mol. The Balaban J connectivity index is 2.13. The first-order valence-corrected chi connectivity index (χ1v) is 7.28. The number of hydrogen-bond donors (Lipinski definition) is 1. The van der Waals surface area contributed by atoms with E-state index in [1.54, 1.807) is 0 Å². The number of aryl methyl sites for hydroxylation is 1. The van der Waals surface area contributed by atoms with Crippen molar-refractivity contribution in [3.8, 4) is 0 Å². The van der Waals surface area contributed by atoms with Gasteiger partial charge in [-0.05, 0) is 42.1 Å². The highest BCUT2D eigenvalue weighted by Gasteiger charge is 2.15. The summed E-state index contributed by atoms with van der Waals surface area (Å²) in [4.78, 5) is 8.71. The Hall–Kier alpha value is -2.26. The van der Waals surface area contributed by atoms with Crippen LogP contribution in [0.5, 0.6) is 0 Å². The van der Waals surface area contributed by atoms with Gasteiger partial charge in [-0.2, -0.15) is 0 Å². The maximum atomic E-state index is 4.43. The van der Waals surface area contributed by atoms with Crippen molar-refractivity contribution >= 4 is 10.8 Å². The number of fused-ring (bicyclic) bond motifs is 1. The molecule has 0 spiro atoms. The summed E-state index contributed by atoms with van der Waals surface area (Å²) >= 11 is 0. The standard InChI is InChI=1S/C18H19N3/c1-3-20-18(15-8-7-13(2)21-11-15)16-6-4-5-14-9-10-19-12-17(14)16/h4-12,18,20H,3H2,1-2H3. The summed E-state index contributed by atoms with van der Waals surface area (Å²) in [6.45, 7) is 5.03. The molecule has 0 aliphatic carbocycles. The summed E-state index contributed by atoms with van der Waals surface area (Å²) in [6.07, 6.45) is 5.73. The number of nitrogens with zero attached hydrogens (tertiary/aromatic N) is 2. The number of nitrogens with one attached hydrogen (secondary N) is 1. The summed E-state index contributed by atoms with van der Waals surface area (Å²) in [5, 5.41) is 5.96. The molecular weight excluding hydrogens is 258 g/mol. The molecule has 0 saturated heterocycles. The van der Waals surface area contributed by atoms with Crippen LogP contribution in [0.25, 0.3) is 10.8 Å². The van der Waals surface area contributed by atoms with E-state index in [1.807, 2.05) is 25.5 Å². The van der Waals surface area contributed by atoms with Crippen LogP contribution in [0, 0.1) is 6.92 Å². The summed E-state index contributed by atoms with van der Waals surface area (Å²) < 4.78 is 0. The molecule has 1 unspecified atom stereocenters. The Bertz CT molecular complexity index is 730. The summed E-state index contributed by atoms with van der Waals surface area (Å²) in [5.74, 6) is 0. The Kier molecular flexibility index (Phi) is 3.93. The Morgan fingerprint density at radius 2 is 2.00 bits per heavy atom. The number of rotatable bonds is 4. The van der Waals surface area contributed by atoms with Crippen LogP contribution in [0.3, 0.4) is 0 Å². The van der Waals surface area contributed by atoms with E-state index in [-0.39, 0.29) is 6.04 Å². The van der Waals surface area contributed by atoms with Crippen LogP contribution in [-0.4, -0.2) is 16.5 Å². The van der Waals surface area contributed by atoms with Gasteiger partial charge >= 0.3 is 0 Å². The van der Waals surface area contributed by atoms with Crippen LogP contribution in [0.1, 0.15) is 29.8 Å². The maximum absolute atomic E-state index is 4.43. The molecule has 3 aromatic rings. The van der Waals surface area contributed by atoms with Crippen LogP contribution >= 0.6 is 0 Å². The minimum atomic E-state index is 0.135. The lowest BCUT2D eigenvalue weighted by molar-refractivity contribution is 0.632. The topological polar surface area (TPSA) is 37.8 Å². The van der Waals surface area contributed by atoms with E-state index >= 15 is 0 Å². The first-order chi connectivity index (χ1) is 10.3. The minimum absolute atomic E-state index is 0.135. The average Bonchev–Trinajstić information content (AvgIpc) is 2.53. The van der Waals surface area contributed by atoms with Gasteiger partial charge in [0.15, 0.2) is 0 Å². The highest BCUT2D eigenvalue weighted by molar-refractivity contribution is 5.85. The molecule has 0 fully saturated rings. The van der Waals surface area contributed by atoms with Gasteiger partial charge in [0.1, 0.15) is 0 Å². The molecule has 21 heavy (non-hydrogen) atoms. The van der Waals surface area contributed by atoms with Crippen molar-refractivity contribution in [3.63, 3.8) is 0 Å². The van der Waals surface area contributed by atoms with Crippen molar-refractivity contribution in [2.24, 2.45) is 0 Å². The highest BCUT2D eigenvalue weighted by Crippen LogP contribution is 2.28. The van der Waals surface area contributed by atoms with E-state index in [9.17, 15) is 0 Å². The van der Waals surface area contributed by atoms with Gasteiger partial charge < -0.3 is 5.32 Å². The number of benzene rings is 1. The molecule has 0 aliphatic rings. The van der Waals surface area contributed by atoms with E-state index in [2.05, 4.69) is 58.6 Å². The van der Waals surface area contributed by atoms with Gasteiger partial charge in [0.05, 0.1) is 6.04 Å². The molecule has 3 nitrogen and oxygen atoms in total.